The molecule has 1 aromatic heterocycles. The lowest BCUT2D eigenvalue weighted by atomic mass is 10.2. The van der Waals surface area contributed by atoms with Gasteiger partial charge in [0, 0.05) is 44.2 Å². The van der Waals surface area contributed by atoms with Crippen LogP contribution in [-0.2, 0) is 9.59 Å². The molecule has 2 N–H and O–H groups in total. The molecular formula is C19H20F3N5O4S. The molecule has 1 fully saturated rings. The Morgan fingerprint density at radius 3 is 2.34 bits per heavy atom. The van der Waals surface area contributed by atoms with Crippen molar-refractivity contribution in [1.29, 1.82) is 0 Å². The number of ether oxygens (including phenoxy) is 1. The van der Waals surface area contributed by atoms with Crippen LogP contribution in [-0.4, -0.2) is 71.6 Å². The van der Waals surface area contributed by atoms with Gasteiger partial charge in [0.25, 0.3) is 5.91 Å². The molecular weight excluding hydrogens is 451 g/mol. The summed E-state index contributed by atoms with van der Waals surface area (Å²) in [6.45, 7) is 3.19. The largest absolute Gasteiger partial charge is 0.573 e. The van der Waals surface area contributed by atoms with E-state index in [-0.39, 0.29) is 35.7 Å². The standard InChI is InChI=1S/C19H20F3N5O4S/c1-12(28)23-18-25-15(11-32-18)17(30)27-8-6-26(7-9-27)10-16(29)24-13-2-4-14(5-3-13)31-19(20,21)22/h2-5,11H,6-10H2,1H3,(H,24,29)(H,23,25,28). The van der Waals surface area contributed by atoms with Gasteiger partial charge in [0.05, 0.1) is 6.54 Å². The second kappa shape index (κ2) is 9.96. The molecule has 0 unspecified atom stereocenters. The van der Waals surface area contributed by atoms with Crippen LogP contribution >= 0.6 is 11.3 Å². The number of thiazole rings is 1. The Bertz CT molecular complexity index is 972. The molecule has 3 amide bonds. The van der Waals surface area contributed by atoms with Crippen molar-refractivity contribution in [2.75, 3.05) is 43.4 Å². The second-order valence-corrected chi connectivity index (χ2v) is 7.77. The van der Waals surface area contributed by atoms with Crippen molar-refractivity contribution in [3.63, 3.8) is 0 Å². The Labute approximate surface area is 185 Å². The molecule has 9 nitrogen and oxygen atoms in total. The zero-order valence-electron chi connectivity index (χ0n) is 16.9. The summed E-state index contributed by atoms with van der Waals surface area (Å²) < 4.78 is 40.4. The number of halogens is 3. The fraction of sp³-hybridized carbons (Fsp3) is 0.368. The molecule has 32 heavy (non-hydrogen) atoms. The van der Waals surface area contributed by atoms with Crippen molar-refractivity contribution in [2.24, 2.45) is 0 Å². The van der Waals surface area contributed by atoms with Gasteiger partial charge < -0.3 is 20.3 Å². The number of hydrogen-bond acceptors (Lipinski definition) is 7. The second-order valence-electron chi connectivity index (χ2n) is 6.91. The monoisotopic (exact) mass is 471 g/mol. The van der Waals surface area contributed by atoms with Crippen molar-refractivity contribution in [3.8, 4) is 5.75 Å². The quantitative estimate of drug-likeness (QED) is 0.671. The van der Waals surface area contributed by atoms with Crippen molar-refractivity contribution in [1.82, 2.24) is 14.8 Å². The molecule has 1 saturated heterocycles. The van der Waals surface area contributed by atoms with Gasteiger partial charge in [0.15, 0.2) is 5.13 Å². The summed E-state index contributed by atoms with van der Waals surface area (Å²) in [5, 5.41) is 7.09. The Kier molecular flexibility index (Phi) is 7.30. The number of carbonyl (C=O) groups is 3. The number of aromatic nitrogens is 1. The minimum absolute atomic E-state index is 0.0756. The van der Waals surface area contributed by atoms with Crippen molar-refractivity contribution in [2.45, 2.75) is 13.3 Å². The maximum Gasteiger partial charge on any atom is 0.573 e. The maximum atomic E-state index is 12.6. The fourth-order valence-electron chi connectivity index (χ4n) is 2.99. The minimum Gasteiger partial charge on any atom is -0.406 e. The predicted molar refractivity (Wildman–Crippen MR) is 111 cm³/mol. The van der Waals surface area contributed by atoms with Crippen molar-refractivity contribution >= 4 is 39.9 Å². The zero-order chi connectivity index (χ0) is 23.3. The minimum atomic E-state index is -4.78. The molecule has 0 radical (unpaired) electrons. The number of piperazine rings is 1. The topological polar surface area (TPSA) is 104 Å². The van der Waals surface area contributed by atoms with Gasteiger partial charge in [-0.25, -0.2) is 4.98 Å². The first-order valence-corrected chi connectivity index (χ1v) is 10.4. The number of benzene rings is 1. The van der Waals surface area contributed by atoms with Crippen LogP contribution in [0.1, 0.15) is 17.4 Å². The van der Waals surface area contributed by atoms with Crippen LogP contribution in [0.2, 0.25) is 0 Å². The summed E-state index contributed by atoms with van der Waals surface area (Å²) in [5.74, 6) is -1.21. The first-order chi connectivity index (χ1) is 15.1. The lowest BCUT2D eigenvalue weighted by molar-refractivity contribution is -0.274. The highest BCUT2D eigenvalue weighted by atomic mass is 32.1. The number of amides is 3. The van der Waals surface area contributed by atoms with E-state index in [9.17, 15) is 27.6 Å². The summed E-state index contributed by atoms with van der Waals surface area (Å²) >= 11 is 1.17. The van der Waals surface area contributed by atoms with E-state index in [1.54, 1.807) is 10.3 Å². The molecule has 2 heterocycles. The SMILES string of the molecule is CC(=O)Nc1nc(C(=O)N2CCN(CC(=O)Nc3ccc(OC(F)(F)F)cc3)CC2)cs1. The molecule has 0 spiro atoms. The average Bonchev–Trinajstić information content (AvgIpc) is 3.16. The van der Waals surface area contributed by atoms with Crippen LogP contribution in [0.25, 0.3) is 0 Å². The highest BCUT2D eigenvalue weighted by Crippen LogP contribution is 2.24. The normalized spacial score (nSPS) is 14.7. The van der Waals surface area contributed by atoms with Crippen LogP contribution < -0.4 is 15.4 Å². The van der Waals surface area contributed by atoms with Crippen LogP contribution in [0, 0.1) is 0 Å². The van der Waals surface area contributed by atoms with Crippen LogP contribution in [0.5, 0.6) is 5.75 Å². The Morgan fingerprint density at radius 2 is 1.75 bits per heavy atom. The third kappa shape index (κ3) is 6.92. The Hall–Kier alpha value is -3.19. The van der Waals surface area contributed by atoms with Crippen LogP contribution in [0.15, 0.2) is 29.6 Å². The lowest BCUT2D eigenvalue weighted by Crippen LogP contribution is -2.50. The van der Waals surface area contributed by atoms with E-state index in [0.29, 0.717) is 37.0 Å². The molecule has 1 aromatic carbocycles. The van der Waals surface area contributed by atoms with Gasteiger partial charge in [-0.3, -0.25) is 19.3 Å². The van der Waals surface area contributed by atoms with E-state index in [0.717, 1.165) is 12.1 Å². The van der Waals surface area contributed by atoms with E-state index in [1.807, 2.05) is 4.90 Å². The Balaban J connectivity index is 1.44. The molecule has 3 rings (SSSR count). The van der Waals surface area contributed by atoms with E-state index in [2.05, 4.69) is 20.4 Å². The number of alkyl halides is 3. The molecule has 0 bridgehead atoms. The Morgan fingerprint density at radius 1 is 1.09 bits per heavy atom. The number of carbonyl (C=O) groups excluding carboxylic acids is 3. The summed E-state index contributed by atoms with van der Waals surface area (Å²) in [6.07, 6.45) is -4.78. The third-order valence-electron chi connectivity index (χ3n) is 4.40. The number of nitrogens with one attached hydrogen (secondary N) is 2. The third-order valence-corrected chi connectivity index (χ3v) is 5.16. The highest BCUT2D eigenvalue weighted by Gasteiger charge is 2.31. The fourth-order valence-corrected chi connectivity index (χ4v) is 3.73. The van der Waals surface area contributed by atoms with Crippen LogP contribution in [0.3, 0.4) is 0 Å². The molecule has 1 aliphatic heterocycles. The predicted octanol–water partition coefficient (Wildman–Crippen LogP) is 2.40. The maximum absolute atomic E-state index is 12.6. The van der Waals surface area contributed by atoms with Gasteiger partial charge in [-0.1, -0.05) is 0 Å². The molecule has 0 atom stereocenters. The average molecular weight is 471 g/mol. The van der Waals surface area contributed by atoms with Gasteiger partial charge in [-0.15, -0.1) is 24.5 Å². The zero-order valence-corrected chi connectivity index (χ0v) is 17.8. The number of nitrogens with zero attached hydrogens (tertiary/aromatic N) is 3. The molecule has 1 aliphatic rings. The van der Waals surface area contributed by atoms with Crippen molar-refractivity contribution < 1.29 is 32.3 Å². The molecule has 0 aliphatic carbocycles. The smallest absolute Gasteiger partial charge is 0.406 e. The summed E-state index contributed by atoms with van der Waals surface area (Å²) in [7, 11) is 0. The van der Waals surface area contributed by atoms with Gasteiger partial charge in [-0.2, -0.15) is 0 Å². The van der Waals surface area contributed by atoms with Crippen LogP contribution in [0.4, 0.5) is 24.0 Å². The summed E-state index contributed by atoms with van der Waals surface area (Å²) in [4.78, 5) is 43.5. The van der Waals surface area contributed by atoms with Gasteiger partial charge in [0.2, 0.25) is 11.8 Å². The molecule has 13 heteroatoms. The number of rotatable bonds is 6. The molecule has 172 valence electrons. The first kappa shape index (κ1) is 23.5. The van der Waals surface area contributed by atoms with Gasteiger partial charge >= 0.3 is 6.36 Å². The lowest BCUT2D eigenvalue weighted by Gasteiger charge is -2.33. The summed E-state index contributed by atoms with van der Waals surface area (Å²) in [6, 6.07) is 4.87. The molecule has 2 aromatic rings. The van der Waals surface area contributed by atoms with E-state index < -0.39 is 6.36 Å². The van der Waals surface area contributed by atoms with E-state index in [1.165, 1.54) is 30.4 Å². The number of hydrogen-bond donors (Lipinski definition) is 2. The highest BCUT2D eigenvalue weighted by molar-refractivity contribution is 7.14. The van der Waals surface area contributed by atoms with Gasteiger partial charge in [-0.05, 0) is 24.3 Å². The number of anilines is 2. The van der Waals surface area contributed by atoms with E-state index in [4.69, 9.17) is 0 Å². The van der Waals surface area contributed by atoms with Crippen molar-refractivity contribution in [3.05, 3.63) is 35.3 Å². The van der Waals surface area contributed by atoms with Gasteiger partial charge in [0.1, 0.15) is 11.4 Å². The first-order valence-electron chi connectivity index (χ1n) is 9.49. The summed E-state index contributed by atoms with van der Waals surface area (Å²) in [5.41, 5.74) is 0.597. The van der Waals surface area contributed by atoms with E-state index >= 15 is 0 Å². The molecule has 0 saturated carbocycles.